The standard InChI is InChI=1S/C18H17ClFN5O/c19-13-7-15(22-9-13)16-8-14(23-24-16)12-2-1-5-25(10-12)18(26)11-3-4-21-17(20)6-11/h3-4,6-9,12,22H,1-2,5,10H2,(H,23,24)/t12-/m0/s1. The molecule has 3 aromatic rings. The summed E-state index contributed by atoms with van der Waals surface area (Å²) in [6.45, 7) is 1.22. The molecule has 0 aliphatic carbocycles. The largest absolute Gasteiger partial charge is 0.358 e. The number of piperidine rings is 1. The highest BCUT2D eigenvalue weighted by atomic mass is 35.5. The lowest BCUT2D eigenvalue weighted by Crippen LogP contribution is -2.39. The van der Waals surface area contributed by atoms with E-state index in [-0.39, 0.29) is 11.8 Å². The van der Waals surface area contributed by atoms with Crippen molar-refractivity contribution in [3.8, 4) is 11.4 Å². The molecule has 6 nitrogen and oxygen atoms in total. The van der Waals surface area contributed by atoms with Crippen molar-refractivity contribution in [2.24, 2.45) is 0 Å². The number of halogens is 2. The Kier molecular flexibility index (Phi) is 4.46. The third-order valence-electron chi connectivity index (χ3n) is 4.64. The van der Waals surface area contributed by atoms with Gasteiger partial charge in [0.05, 0.1) is 10.7 Å². The summed E-state index contributed by atoms with van der Waals surface area (Å²) >= 11 is 5.94. The van der Waals surface area contributed by atoms with Crippen LogP contribution in [0.3, 0.4) is 0 Å². The minimum Gasteiger partial charge on any atom is -0.358 e. The molecule has 1 amide bonds. The van der Waals surface area contributed by atoms with Crippen molar-refractivity contribution >= 4 is 17.5 Å². The summed E-state index contributed by atoms with van der Waals surface area (Å²) in [5.41, 5.74) is 2.92. The molecule has 4 rings (SSSR count). The van der Waals surface area contributed by atoms with Crippen LogP contribution >= 0.6 is 11.6 Å². The van der Waals surface area contributed by atoms with Crippen LogP contribution in [0.15, 0.2) is 36.7 Å². The van der Waals surface area contributed by atoms with Crippen molar-refractivity contribution in [3.05, 3.63) is 58.9 Å². The number of amides is 1. The Bertz CT molecular complexity index is 937. The molecule has 1 saturated heterocycles. The van der Waals surface area contributed by atoms with Gasteiger partial charge >= 0.3 is 0 Å². The molecule has 4 heterocycles. The van der Waals surface area contributed by atoms with E-state index in [0.717, 1.165) is 29.9 Å². The summed E-state index contributed by atoms with van der Waals surface area (Å²) in [6.07, 6.45) is 4.86. The number of carbonyl (C=O) groups excluding carboxylic acids is 1. The summed E-state index contributed by atoms with van der Waals surface area (Å²) in [7, 11) is 0. The van der Waals surface area contributed by atoms with E-state index in [4.69, 9.17) is 11.6 Å². The van der Waals surface area contributed by atoms with Crippen molar-refractivity contribution in [1.29, 1.82) is 0 Å². The summed E-state index contributed by atoms with van der Waals surface area (Å²) in [5, 5.41) is 8.04. The third kappa shape index (κ3) is 3.35. The zero-order valence-corrected chi connectivity index (χ0v) is 14.6. The van der Waals surface area contributed by atoms with Gasteiger partial charge in [0, 0.05) is 48.7 Å². The van der Waals surface area contributed by atoms with Crippen LogP contribution in [0.2, 0.25) is 5.02 Å². The van der Waals surface area contributed by atoms with Crippen LogP contribution in [-0.4, -0.2) is 44.1 Å². The summed E-state index contributed by atoms with van der Waals surface area (Å²) in [4.78, 5) is 21.0. The zero-order valence-electron chi connectivity index (χ0n) is 13.9. The van der Waals surface area contributed by atoms with Gasteiger partial charge in [0.15, 0.2) is 0 Å². The van der Waals surface area contributed by atoms with Gasteiger partial charge in [-0.05, 0) is 31.0 Å². The van der Waals surface area contributed by atoms with Gasteiger partial charge in [-0.25, -0.2) is 4.98 Å². The Balaban J connectivity index is 1.50. The second-order valence-electron chi connectivity index (χ2n) is 6.40. The van der Waals surface area contributed by atoms with E-state index in [1.807, 2.05) is 12.1 Å². The van der Waals surface area contributed by atoms with Gasteiger partial charge in [-0.1, -0.05) is 11.6 Å². The van der Waals surface area contributed by atoms with E-state index in [0.29, 0.717) is 23.7 Å². The van der Waals surface area contributed by atoms with Crippen LogP contribution in [0.5, 0.6) is 0 Å². The van der Waals surface area contributed by atoms with E-state index in [9.17, 15) is 9.18 Å². The predicted octanol–water partition coefficient (Wildman–Crippen LogP) is 3.61. The lowest BCUT2D eigenvalue weighted by molar-refractivity contribution is 0.0705. The molecule has 3 aromatic heterocycles. The number of hydrogen-bond acceptors (Lipinski definition) is 3. The van der Waals surface area contributed by atoms with E-state index < -0.39 is 5.95 Å². The Morgan fingerprint density at radius 1 is 1.35 bits per heavy atom. The van der Waals surface area contributed by atoms with Gasteiger partial charge in [-0.2, -0.15) is 9.49 Å². The summed E-state index contributed by atoms with van der Waals surface area (Å²) < 4.78 is 13.3. The molecule has 1 atom stereocenters. The fraction of sp³-hybridized carbons (Fsp3) is 0.278. The number of aromatic amines is 2. The van der Waals surface area contributed by atoms with Gasteiger partial charge in [0.1, 0.15) is 5.69 Å². The van der Waals surface area contributed by atoms with Crippen LogP contribution in [0.4, 0.5) is 4.39 Å². The van der Waals surface area contributed by atoms with Gasteiger partial charge in [0.25, 0.3) is 5.91 Å². The SMILES string of the molecule is O=C(c1ccnc(F)c1)N1CCC[C@H](c2cc(-c3cc(Cl)c[nH]3)n[nH]2)C1. The van der Waals surface area contributed by atoms with E-state index in [1.165, 1.54) is 18.3 Å². The van der Waals surface area contributed by atoms with Crippen LogP contribution < -0.4 is 0 Å². The lowest BCUT2D eigenvalue weighted by atomic mass is 9.94. The van der Waals surface area contributed by atoms with Gasteiger partial charge in [0.2, 0.25) is 5.95 Å². The lowest BCUT2D eigenvalue weighted by Gasteiger charge is -2.32. The Hall–Kier alpha value is -2.67. The van der Waals surface area contributed by atoms with Crippen molar-refractivity contribution in [1.82, 2.24) is 25.1 Å². The van der Waals surface area contributed by atoms with Gasteiger partial charge in [-0.3, -0.25) is 9.89 Å². The second kappa shape index (κ2) is 6.92. The molecule has 1 fully saturated rings. The maximum atomic E-state index is 13.3. The molecule has 26 heavy (non-hydrogen) atoms. The van der Waals surface area contributed by atoms with E-state index in [1.54, 1.807) is 11.1 Å². The fourth-order valence-electron chi connectivity index (χ4n) is 3.33. The Labute approximate surface area is 154 Å². The normalized spacial score (nSPS) is 17.5. The van der Waals surface area contributed by atoms with E-state index >= 15 is 0 Å². The van der Waals surface area contributed by atoms with Crippen LogP contribution in [0, 0.1) is 5.95 Å². The van der Waals surface area contributed by atoms with Crippen molar-refractivity contribution in [3.63, 3.8) is 0 Å². The monoisotopic (exact) mass is 373 g/mol. The first-order valence-corrected chi connectivity index (χ1v) is 8.78. The van der Waals surface area contributed by atoms with Crippen molar-refractivity contribution in [2.75, 3.05) is 13.1 Å². The highest BCUT2D eigenvalue weighted by molar-refractivity contribution is 6.30. The first kappa shape index (κ1) is 16.8. The predicted molar refractivity (Wildman–Crippen MR) is 95.5 cm³/mol. The average Bonchev–Trinajstić information content (AvgIpc) is 3.30. The van der Waals surface area contributed by atoms with Crippen LogP contribution in [0.1, 0.15) is 34.8 Å². The Morgan fingerprint density at radius 2 is 2.23 bits per heavy atom. The zero-order chi connectivity index (χ0) is 18.1. The third-order valence-corrected chi connectivity index (χ3v) is 4.86. The fourth-order valence-corrected chi connectivity index (χ4v) is 3.50. The maximum Gasteiger partial charge on any atom is 0.254 e. The maximum absolute atomic E-state index is 13.3. The molecule has 0 radical (unpaired) electrons. The number of aromatic nitrogens is 4. The first-order valence-electron chi connectivity index (χ1n) is 8.40. The molecule has 0 spiro atoms. The highest BCUT2D eigenvalue weighted by Crippen LogP contribution is 2.29. The number of hydrogen-bond donors (Lipinski definition) is 2. The number of likely N-dealkylation sites (tertiary alicyclic amines) is 1. The molecule has 134 valence electrons. The second-order valence-corrected chi connectivity index (χ2v) is 6.83. The number of rotatable bonds is 3. The Morgan fingerprint density at radius 3 is 3.00 bits per heavy atom. The van der Waals surface area contributed by atoms with E-state index in [2.05, 4.69) is 20.2 Å². The van der Waals surface area contributed by atoms with Gasteiger partial charge in [-0.15, -0.1) is 0 Å². The summed E-state index contributed by atoms with van der Waals surface area (Å²) in [6, 6.07) is 6.51. The smallest absolute Gasteiger partial charge is 0.254 e. The number of nitrogens with zero attached hydrogens (tertiary/aromatic N) is 3. The molecule has 1 aliphatic rings. The first-order chi connectivity index (χ1) is 12.6. The molecule has 0 bridgehead atoms. The number of pyridine rings is 1. The topological polar surface area (TPSA) is 77.7 Å². The van der Waals surface area contributed by atoms with Crippen molar-refractivity contribution < 1.29 is 9.18 Å². The molecule has 0 aromatic carbocycles. The molecular weight excluding hydrogens is 357 g/mol. The molecular formula is C18H17ClFN5O. The van der Waals surface area contributed by atoms with Crippen LogP contribution in [-0.2, 0) is 0 Å². The highest BCUT2D eigenvalue weighted by Gasteiger charge is 2.27. The number of H-pyrrole nitrogens is 2. The minimum absolute atomic E-state index is 0.158. The van der Waals surface area contributed by atoms with Gasteiger partial charge < -0.3 is 9.88 Å². The molecule has 2 N–H and O–H groups in total. The average molecular weight is 374 g/mol. The molecule has 8 heteroatoms. The minimum atomic E-state index is -0.646. The van der Waals surface area contributed by atoms with Crippen molar-refractivity contribution in [2.45, 2.75) is 18.8 Å². The molecule has 1 aliphatic heterocycles. The molecule has 0 unspecified atom stereocenters. The quantitative estimate of drug-likeness (QED) is 0.688. The van der Waals surface area contributed by atoms with Crippen LogP contribution in [0.25, 0.3) is 11.4 Å². The number of nitrogens with one attached hydrogen (secondary N) is 2. The number of carbonyl (C=O) groups is 1. The molecule has 0 saturated carbocycles. The summed E-state index contributed by atoms with van der Waals surface area (Å²) in [5.74, 6) is -0.662.